The average Bonchev–Trinajstić information content (AvgIpc) is 3.50. The molecule has 156 valence electrons. The summed E-state index contributed by atoms with van der Waals surface area (Å²) in [5.41, 5.74) is -4.80. The minimum Gasteiger partial charge on any atom is -0.357 e. The van der Waals surface area contributed by atoms with Crippen LogP contribution in [0.1, 0.15) is 45.4 Å². The van der Waals surface area contributed by atoms with E-state index in [0.717, 1.165) is 25.0 Å². The highest BCUT2D eigenvalue weighted by Crippen LogP contribution is 2.61. The SMILES string of the molecule is CCNC(=NCC1(C2CC2)CC1)NCC1CCN(S(=O)(=O)C(F)(F)F)CC1. The number of alkyl halides is 3. The van der Waals surface area contributed by atoms with Gasteiger partial charge in [0.25, 0.3) is 0 Å². The lowest BCUT2D eigenvalue weighted by molar-refractivity contribution is -0.0496. The summed E-state index contributed by atoms with van der Waals surface area (Å²) in [5.74, 6) is 1.71. The minimum atomic E-state index is -5.22. The van der Waals surface area contributed by atoms with Gasteiger partial charge in [0.2, 0.25) is 0 Å². The Morgan fingerprint density at radius 3 is 2.26 bits per heavy atom. The predicted octanol–water partition coefficient (Wildman–Crippen LogP) is 2.29. The second-order valence-corrected chi connectivity index (χ2v) is 9.94. The molecule has 6 nitrogen and oxygen atoms in total. The fourth-order valence-corrected chi connectivity index (χ4v) is 4.86. The van der Waals surface area contributed by atoms with Gasteiger partial charge in [-0.25, -0.2) is 8.42 Å². The first-order valence-electron chi connectivity index (χ1n) is 9.76. The monoisotopic (exact) mass is 410 g/mol. The number of hydrogen-bond acceptors (Lipinski definition) is 3. The highest BCUT2D eigenvalue weighted by atomic mass is 32.2. The van der Waals surface area contributed by atoms with Crippen LogP contribution in [0.25, 0.3) is 0 Å². The van der Waals surface area contributed by atoms with Crippen LogP contribution in [0.2, 0.25) is 0 Å². The molecule has 0 bridgehead atoms. The van der Waals surface area contributed by atoms with E-state index in [1.807, 2.05) is 6.92 Å². The van der Waals surface area contributed by atoms with Crippen LogP contribution in [0, 0.1) is 17.3 Å². The van der Waals surface area contributed by atoms with Crippen LogP contribution in [-0.4, -0.2) is 56.9 Å². The number of nitrogens with zero attached hydrogens (tertiary/aromatic N) is 2. The second-order valence-electron chi connectivity index (χ2n) is 8.01. The van der Waals surface area contributed by atoms with Crippen molar-refractivity contribution in [3.8, 4) is 0 Å². The fourth-order valence-electron chi connectivity index (χ4n) is 3.87. The highest BCUT2D eigenvalue weighted by molar-refractivity contribution is 7.90. The summed E-state index contributed by atoms with van der Waals surface area (Å²) in [6, 6.07) is 0. The van der Waals surface area contributed by atoms with Gasteiger partial charge in [-0.2, -0.15) is 17.5 Å². The Labute approximate surface area is 159 Å². The fraction of sp³-hybridized carbons (Fsp3) is 0.941. The van der Waals surface area contributed by atoms with Crippen LogP contribution in [0.3, 0.4) is 0 Å². The number of sulfonamides is 1. The first kappa shape index (κ1) is 20.7. The van der Waals surface area contributed by atoms with Crippen molar-refractivity contribution in [2.75, 3.05) is 32.7 Å². The molecule has 0 radical (unpaired) electrons. The molecule has 3 rings (SSSR count). The van der Waals surface area contributed by atoms with Gasteiger partial charge < -0.3 is 10.6 Å². The summed E-state index contributed by atoms with van der Waals surface area (Å²) in [6.07, 6.45) is 5.97. The van der Waals surface area contributed by atoms with Gasteiger partial charge in [0, 0.05) is 32.7 Å². The molecule has 1 heterocycles. The van der Waals surface area contributed by atoms with Crippen molar-refractivity contribution in [2.24, 2.45) is 22.2 Å². The number of rotatable bonds is 7. The normalized spacial score (nSPS) is 24.7. The van der Waals surface area contributed by atoms with E-state index < -0.39 is 15.5 Å². The summed E-state index contributed by atoms with van der Waals surface area (Å²) in [6.45, 7) is 3.97. The Morgan fingerprint density at radius 2 is 1.78 bits per heavy atom. The molecule has 27 heavy (non-hydrogen) atoms. The highest BCUT2D eigenvalue weighted by Gasteiger charge is 2.53. The van der Waals surface area contributed by atoms with E-state index in [1.165, 1.54) is 25.7 Å². The average molecular weight is 411 g/mol. The number of nitrogens with one attached hydrogen (secondary N) is 2. The largest absolute Gasteiger partial charge is 0.511 e. The van der Waals surface area contributed by atoms with Gasteiger partial charge in [-0.1, -0.05) is 0 Å². The first-order chi connectivity index (χ1) is 12.7. The van der Waals surface area contributed by atoms with E-state index in [2.05, 4.69) is 10.6 Å². The van der Waals surface area contributed by atoms with E-state index in [4.69, 9.17) is 4.99 Å². The molecule has 0 aromatic heterocycles. The molecule has 0 amide bonds. The van der Waals surface area contributed by atoms with E-state index in [1.54, 1.807) is 0 Å². The molecule has 1 saturated heterocycles. The number of halogens is 3. The zero-order valence-corrected chi connectivity index (χ0v) is 16.5. The molecule has 0 atom stereocenters. The Bertz CT molecular complexity index is 650. The van der Waals surface area contributed by atoms with Crippen molar-refractivity contribution < 1.29 is 21.6 Å². The molecule has 2 saturated carbocycles. The zero-order valence-electron chi connectivity index (χ0n) is 15.7. The molecular formula is C17H29F3N4O2S. The van der Waals surface area contributed by atoms with Crippen molar-refractivity contribution in [3.63, 3.8) is 0 Å². The van der Waals surface area contributed by atoms with Gasteiger partial charge in [0.05, 0.1) is 0 Å². The lowest BCUT2D eigenvalue weighted by Crippen LogP contribution is -2.47. The van der Waals surface area contributed by atoms with Crippen molar-refractivity contribution in [1.82, 2.24) is 14.9 Å². The van der Waals surface area contributed by atoms with Crippen LogP contribution in [0.15, 0.2) is 4.99 Å². The van der Waals surface area contributed by atoms with Crippen molar-refractivity contribution in [1.29, 1.82) is 0 Å². The summed E-state index contributed by atoms with van der Waals surface area (Å²) >= 11 is 0. The quantitative estimate of drug-likeness (QED) is 0.499. The standard InChI is InChI=1S/C17H29F3N4O2S/c1-2-21-15(23-12-16(7-8-16)14-3-4-14)22-11-13-5-9-24(10-6-13)27(25,26)17(18,19)20/h13-14H,2-12H2,1H3,(H2,21,22,23). The van der Waals surface area contributed by atoms with Gasteiger partial charge in [-0.3, -0.25) is 4.99 Å². The Hall–Kier alpha value is -1.03. The van der Waals surface area contributed by atoms with E-state index >= 15 is 0 Å². The Balaban J connectivity index is 1.46. The third-order valence-electron chi connectivity index (χ3n) is 6.00. The molecular weight excluding hydrogens is 381 g/mol. The van der Waals surface area contributed by atoms with Gasteiger partial charge in [-0.15, -0.1) is 0 Å². The van der Waals surface area contributed by atoms with E-state index in [9.17, 15) is 21.6 Å². The molecule has 0 spiro atoms. The molecule has 2 aliphatic carbocycles. The number of hydrogen-bond donors (Lipinski definition) is 2. The van der Waals surface area contributed by atoms with E-state index in [-0.39, 0.29) is 19.0 Å². The van der Waals surface area contributed by atoms with Crippen molar-refractivity contribution in [3.05, 3.63) is 0 Å². The summed E-state index contributed by atoms with van der Waals surface area (Å²) in [7, 11) is -5.21. The molecule has 1 aliphatic heterocycles. The lowest BCUT2D eigenvalue weighted by Gasteiger charge is -2.31. The van der Waals surface area contributed by atoms with Crippen LogP contribution >= 0.6 is 0 Å². The molecule has 3 fully saturated rings. The topological polar surface area (TPSA) is 73.8 Å². The maximum Gasteiger partial charge on any atom is 0.511 e. The first-order valence-corrected chi connectivity index (χ1v) is 11.2. The predicted molar refractivity (Wildman–Crippen MR) is 97.6 cm³/mol. The third kappa shape index (κ3) is 4.88. The molecule has 2 N–H and O–H groups in total. The lowest BCUT2D eigenvalue weighted by atomic mass is 9.98. The minimum absolute atomic E-state index is 0.0906. The van der Waals surface area contributed by atoms with E-state index in [0.29, 0.717) is 29.1 Å². The molecule has 10 heteroatoms. The van der Waals surface area contributed by atoms with Gasteiger partial charge in [0.1, 0.15) is 0 Å². The van der Waals surface area contributed by atoms with Crippen LogP contribution in [0.4, 0.5) is 13.2 Å². The summed E-state index contributed by atoms with van der Waals surface area (Å²) in [5, 5.41) is 6.50. The van der Waals surface area contributed by atoms with Crippen molar-refractivity contribution >= 4 is 16.0 Å². The van der Waals surface area contributed by atoms with Crippen LogP contribution < -0.4 is 10.6 Å². The molecule has 0 aromatic carbocycles. The summed E-state index contributed by atoms with van der Waals surface area (Å²) in [4.78, 5) is 4.72. The molecule has 0 aromatic rings. The molecule has 3 aliphatic rings. The van der Waals surface area contributed by atoms with Gasteiger partial charge in [-0.05, 0) is 62.7 Å². The number of aliphatic imine (C=N–C) groups is 1. The van der Waals surface area contributed by atoms with Crippen molar-refractivity contribution in [2.45, 2.75) is 51.0 Å². The van der Waals surface area contributed by atoms with Crippen LogP contribution in [-0.2, 0) is 10.0 Å². The second kappa shape index (κ2) is 7.77. The summed E-state index contributed by atoms with van der Waals surface area (Å²) < 4.78 is 61.4. The number of guanidine groups is 1. The third-order valence-corrected chi connectivity index (χ3v) is 7.63. The van der Waals surface area contributed by atoms with Crippen LogP contribution in [0.5, 0.6) is 0 Å². The number of piperidine rings is 1. The Kier molecular flexibility index (Phi) is 5.96. The van der Waals surface area contributed by atoms with Gasteiger partial charge >= 0.3 is 15.5 Å². The zero-order chi connectivity index (χ0) is 19.7. The smallest absolute Gasteiger partial charge is 0.357 e. The van der Waals surface area contributed by atoms with Gasteiger partial charge in [0.15, 0.2) is 5.96 Å². The maximum atomic E-state index is 12.6. The molecule has 0 unspecified atom stereocenters. The Morgan fingerprint density at radius 1 is 1.15 bits per heavy atom. The maximum absolute atomic E-state index is 12.6.